The lowest BCUT2D eigenvalue weighted by atomic mass is 10.1. The molecule has 1 fully saturated rings. The van der Waals surface area contributed by atoms with E-state index in [2.05, 4.69) is 26.6 Å². The van der Waals surface area contributed by atoms with Crippen molar-refractivity contribution in [2.75, 3.05) is 26.3 Å². The van der Waals surface area contributed by atoms with E-state index in [0.717, 1.165) is 29.1 Å². The predicted octanol–water partition coefficient (Wildman–Crippen LogP) is 3.49. The quantitative estimate of drug-likeness (QED) is 0.763. The maximum Gasteiger partial charge on any atom is 0.119 e. The third kappa shape index (κ3) is 5.38. The molecule has 0 aromatic heterocycles. The number of benzene rings is 2. The SMILES string of the molecule is Clc1ccc(OC[C@H]2CNC[C@@H](COc3ccc(Br)cc3)N2)cc1. The Kier molecular flexibility index (Phi) is 6.37. The first-order valence-electron chi connectivity index (χ1n) is 7.92. The van der Waals surface area contributed by atoms with Crippen LogP contribution in [0.1, 0.15) is 0 Å². The lowest BCUT2D eigenvalue weighted by molar-refractivity contribution is 0.186. The molecule has 0 amide bonds. The molecule has 4 nitrogen and oxygen atoms in total. The highest BCUT2D eigenvalue weighted by Gasteiger charge is 2.21. The molecule has 1 heterocycles. The summed E-state index contributed by atoms with van der Waals surface area (Å²) in [6.07, 6.45) is 0. The predicted molar refractivity (Wildman–Crippen MR) is 100 cm³/mol. The molecular formula is C18H20BrClN2O2. The van der Waals surface area contributed by atoms with E-state index in [-0.39, 0.29) is 12.1 Å². The summed E-state index contributed by atoms with van der Waals surface area (Å²) >= 11 is 9.30. The monoisotopic (exact) mass is 410 g/mol. The van der Waals surface area contributed by atoms with Crippen LogP contribution in [0.5, 0.6) is 11.5 Å². The topological polar surface area (TPSA) is 42.5 Å². The second kappa shape index (κ2) is 8.72. The third-order valence-corrected chi connectivity index (χ3v) is 4.56. The van der Waals surface area contributed by atoms with Crippen molar-refractivity contribution in [1.29, 1.82) is 0 Å². The van der Waals surface area contributed by atoms with E-state index in [1.807, 2.05) is 48.5 Å². The summed E-state index contributed by atoms with van der Waals surface area (Å²) in [6.45, 7) is 2.98. The molecule has 0 spiro atoms. The molecule has 2 aromatic carbocycles. The third-order valence-electron chi connectivity index (χ3n) is 3.78. The van der Waals surface area contributed by atoms with Crippen LogP contribution in [0.4, 0.5) is 0 Å². The smallest absolute Gasteiger partial charge is 0.119 e. The summed E-state index contributed by atoms with van der Waals surface area (Å²) < 4.78 is 12.7. The highest BCUT2D eigenvalue weighted by Crippen LogP contribution is 2.17. The second-order valence-electron chi connectivity index (χ2n) is 5.75. The Bertz CT molecular complexity index is 581. The first kappa shape index (κ1) is 17.5. The van der Waals surface area contributed by atoms with E-state index in [1.54, 1.807) is 0 Å². The summed E-state index contributed by atoms with van der Waals surface area (Å²) in [6, 6.07) is 15.8. The van der Waals surface area contributed by atoms with Crippen LogP contribution in [-0.2, 0) is 0 Å². The summed E-state index contributed by atoms with van der Waals surface area (Å²) in [5.74, 6) is 1.70. The molecule has 0 unspecified atom stereocenters. The molecule has 1 aliphatic heterocycles. The molecule has 0 radical (unpaired) electrons. The Labute approximate surface area is 155 Å². The van der Waals surface area contributed by atoms with E-state index < -0.39 is 0 Å². The van der Waals surface area contributed by atoms with Crippen molar-refractivity contribution in [3.8, 4) is 11.5 Å². The molecule has 0 aliphatic carbocycles. The number of ether oxygens (including phenoxy) is 2. The maximum atomic E-state index is 5.88. The van der Waals surface area contributed by atoms with Crippen molar-refractivity contribution >= 4 is 27.5 Å². The fourth-order valence-electron chi connectivity index (χ4n) is 2.55. The van der Waals surface area contributed by atoms with E-state index in [1.165, 1.54) is 0 Å². The minimum Gasteiger partial charge on any atom is -0.492 e. The first-order valence-corrected chi connectivity index (χ1v) is 9.09. The van der Waals surface area contributed by atoms with Gasteiger partial charge in [-0.3, -0.25) is 0 Å². The van der Waals surface area contributed by atoms with Crippen LogP contribution in [0.15, 0.2) is 53.0 Å². The van der Waals surface area contributed by atoms with Gasteiger partial charge in [-0.15, -0.1) is 0 Å². The zero-order valence-corrected chi connectivity index (χ0v) is 15.5. The van der Waals surface area contributed by atoms with Crippen LogP contribution in [0.3, 0.4) is 0 Å². The lowest BCUT2D eigenvalue weighted by Crippen LogP contribution is -2.58. The zero-order valence-electron chi connectivity index (χ0n) is 13.2. The molecular weight excluding hydrogens is 392 g/mol. The van der Waals surface area contributed by atoms with Gasteiger partial charge in [-0.1, -0.05) is 27.5 Å². The van der Waals surface area contributed by atoms with Gasteiger partial charge in [-0.25, -0.2) is 0 Å². The van der Waals surface area contributed by atoms with Crippen LogP contribution < -0.4 is 20.1 Å². The van der Waals surface area contributed by atoms with Gasteiger partial charge >= 0.3 is 0 Å². The van der Waals surface area contributed by atoms with E-state index in [0.29, 0.717) is 18.2 Å². The van der Waals surface area contributed by atoms with Crippen LogP contribution in [0, 0.1) is 0 Å². The molecule has 6 heteroatoms. The van der Waals surface area contributed by atoms with Crippen LogP contribution in [0.25, 0.3) is 0 Å². The number of rotatable bonds is 6. The summed E-state index contributed by atoms with van der Waals surface area (Å²) in [5.41, 5.74) is 0. The first-order chi connectivity index (χ1) is 11.7. The lowest BCUT2D eigenvalue weighted by Gasteiger charge is -2.31. The Balaban J connectivity index is 1.43. The molecule has 1 aliphatic rings. The van der Waals surface area contributed by atoms with Gasteiger partial charge in [-0.2, -0.15) is 0 Å². The number of nitrogens with one attached hydrogen (secondary N) is 2. The van der Waals surface area contributed by atoms with Crippen LogP contribution in [0.2, 0.25) is 5.02 Å². The minimum atomic E-state index is 0.243. The molecule has 2 atom stereocenters. The van der Waals surface area contributed by atoms with Gasteiger partial charge in [0.1, 0.15) is 24.7 Å². The van der Waals surface area contributed by atoms with Crippen molar-refractivity contribution in [2.45, 2.75) is 12.1 Å². The molecule has 1 saturated heterocycles. The van der Waals surface area contributed by atoms with Crippen LogP contribution >= 0.6 is 27.5 Å². The number of halogens is 2. The van der Waals surface area contributed by atoms with Gasteiger partial charge in [0.15, 0.2) is 0 Å². The average Bonchev–Trinajstić information content (AvgIpc) is 2.61. The summed E-state index contributed by atoms with van der Waals surface area (Å²) in [5, 5.41) is 7.71. The molecule has 128 valence electrons. The fraction of sp³-hybridized carbons (Fsp3) is 0.333. The second-order valence-corrected chi connectivity index (χ2v) is 7.10. The van der Waals surface area contributed by atoms with E-state index in [4.69, 9.17) is 21.1 Å². The van der Waals surface area contributed by atoms with Gasteiger partial charge < -0.3 is 20.1 Å². The van der Waals surface area contributed by atoms with Gasteiger partial charge in [0.2, 0.25) is 0 Å². The van der Waals surface area contributed by atoms with Gasteiger partial charge in [-0.05, 0) is 48.5 Å². The van der Waals surface area contributed by atoms with Crippen molar-refractivity contribution in [3.05, 3.63) is 58.0 Å². The Morgan fingerprint density at radius 2 is 1.38 bits per heavy atom. The molecule has 2 N–H and O–H groups in total. The summed E-state index contributed by atoms with van der Waals surface area (Å²) in [4.78, 5) is 0. The number of hydrogen-bond donors (Lipinski definition) is 2. The standard InChI is InChI=1S/C18H20BrClN2O2/c19-13-1-5-17(6-2-13)23-11-15-9-21-10-16(22-15)12-24-18-7-3-14(20)4-8-18/h1-8,15-16,21-22H,9-12H2/t15-,16+/m0/s1. The van der Waals surface area contributed by atoms with Crippen molar-refractivity contribution in [3.63, 3.8) is 0 Å². The molecule has 24 heavy (non-hydrogen) atoms. The zero-order chi connectivity index (χ0) is 16.8. The average molecular weight is 412 g/mol. The number of hydrogen-bond acceptors (Lipinski definition) is 4. The van der Waals surface area contributed by atoms with Crippen LogP contribution in [-0.4, -0.2) is 38.4 Å². The van der Waals surface area contributed by atoms with Crippen molar-refractivity contribution in [2.24, 2.45) is 0 Å². The van der Waals surface area contributed by atoms with Crippen molar-refractivity contribution < 1.29 is 9.47 Å². The molecule has 0 saturated carbocycles. The Morgan fingerprint density at radius 3 is 1.92 bits per heavy atom. The van der Waals surface area contributed by atoms with Gasteiger partial charge in [0.25, 0.3) is 0 Å². The molecule has 0 bridgehead atoms. The Hall–Kier alpha value is -1.27. The maximum absolute atomic E-state index is 5.88. The Morgan fingerprint density at radius 1 is 0.875 bits per heavy atom. The fourth-order valence-corrected chi connectivity index (χ4v) is 2.94. The molecule has 3 rings (SSSR count). The minimum absolute atomic E-state index is 0.243. The molecule has 2 aromatic rings. The number of piperazine rings is 1. The highest BCUT2D eigenvalue weighted by molar-refractivity contribution is 9.10. The summed E-state index contributed by atoms with van der Waals surface area (Å²) in [7, 11) is 0. The highest BCUT2D eigenvalue weighted by atomic mass is 79.9. The van der Waals surface area contributed by atoms with Gasteiger partial charge in [0.05, 0.1) is 12.1 Å². The van der Waals surface area contributed by atoms with E-state index in [9.17, 15) is 0 Å². The van der Waals surface area contributed by atoms with Crippen molar-refractivity contribution in [1.82, 2.24) is 10.6 Å². The van der Waals surface area contributed by atoms with E-state index >= 15 is 0 Å². The largest absolute Gasteiger partial charge is 0.492 e. The van der Waals surface area contributed by atoms with Gasteiger partial charge in [0, 0.05) is 22.6 Å². The normalized spacial score (nSPS) is 20.6.